The van der Waals surface area contributed by atoms with Crippen LogP contribution in [0.2, 0.25) is 0 Å². The summed E-state index contributed by atoms with van der Waals surface area (Å²) >= 11 is 0. The van der Waals surface area contributed by atoms with Crippen molar-refractivity contribution >= 4 is 29.6 Å². The third-order valence-corrected chi connectivity index (χ3v) is 7.19. The zero-order valence-corrected chi connectivity index (χ0v) is 20.5. The number of phosphoric ester groups is 1. The summed E-state index contributed by atoms with van der Waals surface area (Å²) in [7, 11) is -9.24. The van der Waals surface area contributed by atoms with Crippen LogP contribution in [0.25, 0.3) is 0 Å². The Morgan fingerprint density at radius 1 is 1.09 bits per heavy atom. The lowest BCUT2D eigenvalue weighted by atomic mass is 10.0. The van der Waals surface area contributed by atoms with Gasteiger partial charge in [-0.2, -0.15) is 4.31 Å². The first-order valence-corrected chi connectivity index (χ1v) is 13.4. The third kappa shape index (κ3) is 8.71. The summed E-state index contributed by atoms with van der Waals surface area (Å²) in [6.45, 7) is 3.05. The predicted octanol–water partition coefficient (Wildman–Crippen LogP) is 2.27. The Bertz CT molecular complexity index is 1090. The maximum Gasteiger partial charge on any atom is 0.469 e. The van der Waals surface area contributed by atoms with Gasteiger partial charge in [-0.25, -0.2) is 17.8 Å². The fourth-order valence-corrected chi connectivity index (χ4v) is 5.56. The lowest BCUT2D eigenvalue weighted by Crippen LogP contribution is -2.51. The molecule has 13 heteroatoms. The van der Waals surface area contributed by atoms with Crippen LogP contribution < -0.4 is 11.1 Å². The number of phosphoric acid groups is 1. The van der Waals surface area contributed by atoms with Gasteiger partial charge in [-0.05, 0) is 42.2 Å². The third-order valence-electron chi connectivity index (χ3n) is 4.80. The lowest BCUT2D eigenvalue weighted by Gasteiger charge is -2.32. The van der Waals surface area contributed by atoms with Gasteiger partial charge in [0.05, 0.1) is 10.9 Å². The highest BCUT2D eigenvalue weighted by Crippen LogP contribution is 2.39. The van der Waals surface area contributed by atoms with Crippen LogP contribution >= 0.6 is 7.82 Å². The average Bonchev–Trinajstić information content (AvgIpc) is 2.71. The van der Waals surface area contributed by atoms with Crippen molar-refractivity contribution in [2.24, 2.45) is 5.92 Å². The molecule has 0 fully saturated rings. The van der Waals surface area contributed by atoms with E-state index >= 15 is 0 Å². The standard InChI is InChI=1S/C21H30N3O8PS/c1-15(2)13-24(34(30,31)18-10-8-17(22)9-11-18)14-20(32-33(27,28)29)19(23-21(25)26)12-16-6-4-3-5-7-16/h3-11,15,19-20,23H,12-14,22H2,1-2H3,(H,25,26)(H2,27,28,29)/t19-,20+/m0/s1. The number of nitrogens with zero attached hydrogens (tertiary/aromatic N) is 1. The van der Waals surface area contributed by atoms with Crippen LogP contribution in [-0.4, -0.2) is 58.9 Å². The smallest absolute Gasteiger partial charge is 0.465 e. The van der Waals surface area contributed by atoms with Gasteiger partial charge in [-0.1, -0.05) is 44.2 Å². The number of hydrogen-bond acceptors (Lipinski definition) is 6. The molecule has 0 heterocycles. The fourth-order valence-electron chi connectivity index (χ4n) is 3.38. The van der Waals surface area contributed by atoms with Crippen LogP contribution in [0.1, 0.15) is 19.4 Å². The van der Waals surface area contributed by atoms with E-state index in [0.29, 0.717) is 11.3 Å². The van der Waals surface area contributed by atoms with E-state index in [9.17, 15) is 32.7 Å². The van der Waals surface area contributed by atoms with Crippen molar-refractivity contribution in [1.29, 1.82) is 0 Å². The van der Waals surface area contributed by atoms with E-state index in [2.05, 4.69) is 5.32 Å². The van der Waals surface area contributed by atoms with E-state index in [1.165, 1.54) is 24.3 Å². The molecule has 188 valence electrons. The Labute approximate surface area is 198 Å². The Morgan fingerprint density at radius 3 is 2.18 bits per heavy atom. The van der Waals surface area contributed by atoms with E-state index in [-0.39, 0.29) is 23.8 Å². The second-order valence-corrected chi connectivity index (χ2v) is 11.3. The highest BCUT2D eigenvalue weighted by Gasteiger charge is 2.36. The molecule has 0 radical (unpaired) electrons. The normalized spacial score (nSPS) is 14.2. The molecule has 2 rings (SSSR count). The molecule has 1 amide bonds. The molecule has 6 N–H and O–H groups in total. The van der Waals surface area contributed by atoms with Gasteiger partial charge in [0.2, 0.25) is 10.0 Å². The molecule has 0 aliphatic carbocycles. The maximum atomic E-state index is 13.4. The maximum absolute atomic E-state index is 13.4. The molecule has 0 unspecified atom stereocenters. The number of sulfonamides is 1. The number of nitrogens with one attached hydrogen (secondary N) is 1. The van der Waals surface area contributed by atoms with Gasteiger partial charge in [0.15, 0.2) is 0 Å². The summed E-state index contributed by atoms with van der Waals surface area (Å²) in [5.41, 5.74) is 6.69. The minimum atomic E-state index is -5.12. The van der Waals surface area contributed by atoms with Gasteiger partial charge in [0.25, 0.3) is 0 Å². The number of rotatable bonds is 12. The van der Waals surface area contributed by atoms with Crippen LogP contribution in [0.3, 0.4) is 0 Å². The Morgan fingerprint density at radius 2 is 1.68 bits per heavy atom. The molecule has 0 aliphatic rings. The fraction of sp³-hybridized carbons (Fsp3) is 0.381. The number of nitrogens with two attached hydrogens (primary N) is 1. The highest BCUT2D eigenvalue weighted by atomic mass is 32.2. The van der Waals surface area contributed by atoms with E-state index < -0.39 is 42.6 Å². The van der Waals surface area contributed by atoms with Gasteiger partial charge in [-0.3, -0.25) is 4.52 Å². The number of carboxylic acid groups (broad SMARTS) is 1. The van der Waals surface area contributed by atoms with Crippen LogP contribution in [0.15, 0.2) is 59.5 Å². The summed E-state index contributed by atoms with van der Waals surface area (Å²) in [6, 6.07) is 13.0. The molecule has 2 atom stereocenters. The van der Waals surface area contributed by atoms with Gasteiger partial charge in [0, 0.05) is 18.8 Å². The van der Waals surface area contributed by atoms with E-state index in [1.807, 2.05) is 0 Å². The van der Waals surface area contributed by atoms with Crippen LogP contribution in [0, 0.1) is 5.92 Å². The first-order chi connectivity index (χ1) is 15.8. The van der Waals surface area contributed by atoms with Crippen molar-refractivity contribution in [2.45, 2.75) is 37.3 Å². The quantitative estimate of drug-likeness (QED) is 0.209. The summed E-state index contributed by atoms with van der Waals surface area (Å²) in [4.78, 5) is 30.4. The van der Waals surface area contributed by atoms with E-state index in [1.54, 1.807) is 44.2 Å². The molecular weight excluding hydrogens is 485 g/mol. The van der Waals surface area contributed by atoms with Gasteiger partial charge in [0.1, 0.15) is 6.10 Å². The Balaban J connectivity index is 2.48. The first kappa shape index (κ1) is 27.8. The van der Waals surface area contributed by atoms with Crippen molar-refractivity contribution in [2.75, 3.05) is 18.8 Å². The number of amides is 1. The molecule has 0 spiro atoms. The zero-order chi connectivity index (χ0) is 25.5. The SMILES string of the molecule is CC(C)CN(C[C@@H](OP(=O)(O)O)[C@H](Cc1ccccc1)NC(=O)O)S(=O)(=O)c1ccc(N)cc1. The lowest BCUT2D eigenvalue weighted by molar-refractivity contribution is 0.0824. The topological polar surface area (TPSA) is 179 Å². The molecule has 0 saturated carbocycles. The van der Waals surface area contributed by atoms with Gasteiger partial charge in [-0.15, -0.1) is 0 Å². The molecule has 34 heavy (non-hydrogen) atoms. The van der Waals surface area contributed by atoms with E-state index in [0.717, 1.165) is 4.31 Å². The minimum absolute atomic E-state index is 0.00113. The van der Waals surface area contributed by atoms with Crippen LogP contribution in [0.4, 0.5) is 10.5 Å². The van der Waals surface area contributed by atoms with Crippen molar-refractivity contribution in [3.05, 3.63) is 60.2 Å². The molecule has 2 aromatic carbocycles. The molecule has 0 aliphatic heterocycles. The summed E-state index contributed by atoms with van der Waals surface area (Å²) < 4.78 is 44.5. The molecule has 0 saturated heterocycles. The van der Waals surface area contributed by atoms with Crippen LogP contribution in [-0.2, 0) is 25.5 Å². The number of carbonyl (C=O) groups is 1. The molecule has 0 aromatic heterocycles. The number of nitrogen functional groups attached to an aromatic ring is 1. The Hall–Kier alpha value is -2.47. The predicted molar refractivity (Wildman–Crippen MR) is 126 cm³/mol. The van der Waals surface area contributed by atoms with Gasteiger partial charge >= 0.3 is 13.9 Å². The second kappa shape index (κ2) is 11.8. The molecule has 2 aromatic rings. The molecule has 11 nitrogen and oxygen atoms in total. The highest BCUT2D eigenvalue weighted by molar-refractivity contribution is 7.89. The molecule has 0 bridgehead atoms. The second-order valence-electron chi connectivity index (χ2n) is 8.17. The largest absolute Gasteiger partial charge is 0.469 e. The van der Waals surface area contributed by atoms with Crippen molar-refractivity contribution in [3.8, 4) is 0 Å². The van der Waals surface area contributed by atoms with Crippen molar-refractivity contribution in [1.82, 2.24) is 9.62 Å². The summed E-state index contributed by atoms with van der Waals surface area (Å²) in [6.07, 6.45) is -2.94. The van der Waals surface area contributed by atoms with Crippen molar-refractivity contribution < 1.29 is 37.2 Å². The monoisotopic (exact) mass is 515 g/mol. The first-order valence-electron chi connectivity index (χ1n) is 10.4. The molecular formula is C21H30N3O8PS. The zero-order valence-electron chi connectivity index (χ0n) is 18.8. The average molecular weight is 516 g/mol. The van der Waals surface area contributed by atoms with Crippen LogP contribution in [0.5, 0.6) is 0 Å². The van der Waals surface area contributed by atoms with Crippen molar-refractivity contribution in [3.63, 3.8) is 0 Å². The number of hydrogen-bond donors (Lipinski definition) is 5. The number of anilines is 1. The summed E-state index contributed by atoms with van der Waals surface area (Å²) in [5.74, 6) is -0.153. The summed E-state index contributed by atoms with van der Waals surface area (Å²) in [5, 5.41) is 11.6. The Kier molecular flexibility index (Phi) is 9.63. The number of benzene rings is 2. The van der Waals surface area contributed by atoms with E-state index in [4.69, 9.17) is 10.3 Å². The van der Waals surface area contributed by atoms with Gasteiger partial charge < -0.3 is 25.9 Å². The minimum Gasteiger partial charge on any atom is -0.465 e.